The number of aliphatic carboxylic acids is 1. The molecule has 3 N–H and O–H groups in total. The van der Waals surface area contributed by atoms with Crippen LogP contribution in [0.25, 0.3) is 0 Å². The van der Waals surface area contributed by atoms with E-state index in [2.05, 4.69) is 6.92 Å². The molecule has 0 aliphatic rings. The molecule has 0 aliphatic heterocycles. The molecule has 0 amide bonds. The Bertz CT molecular complexity index is 289. The van der Waals surface area contributed by atoms with Crippen molar-refractivity contribution in [3.05, 3.63) is 12.2 Å². The van der Waals surface area contributed by atoms with Gasteiger partial charge in [0.05, 0.1) is 12.2 Å². The molecule has 0 saturated heterocycles. The van der Waals surface area contributed by atoms with E-state index in [4.69, 9.17) is 5.11 Å². The fourth-order valence-electron chi connectivity index (χ4n) is 2.39. The summed E-state index contributed by atoms with van der Waals surface area (Å²) in [4.78, 5) is 10.3. The predicted octanol–water partition coefficient (Wildman–Crippen LogP) is 4.05. The summed E-state index contributed by atoms with van der Waals surface area (Å²) in [5.74, 6) is -0.765. The highest BCUT2D eigenvalue weighted by molar-refractivity contribution is 5.66. The van der Waals surface area contributed by atoms with Gasteiger partial charge in [0.1, 0.15) is 0 Å². The Morgan fingerprint density at radius 2 is 1.27 bits per heavy atom. The quantitative estimate of drug-likeness (QED) is 0.315. The number of carbonyl (C=O) groups is 1. The van der Waals surface area contributed by atoms with Crippen LogP contribution >= 0.6 is 0 Å². The molecular formula is C18H34O4. The molecule has 130 valence electrons. The van der Waals surface area contributed by atoms with Crippen LogP contribution in [0.15, 0.2) is 12.2 Å². The summed E-state index contributed by atoms with van der Waals surface area (Å²) in [5, 5.41) is 28.1. The number of carboxylic acid groups (broad SMARTS) is 1. The molecule has 4 heteroatoms. The standard InChI is InChI=1S/C18H34O4/c1-2-3-4-5-6-8-11-16(19)14-15-17(20)12-9-7-10-13-18(21)22/h14-17,19-20H,2-13H2,1H3,(H,21,22)/b15-14+/t16-,17-/m0/s1. The topological polar surface area (TPSA) is 77.8 Å². The molecule has 0 aliphatic carbocycles. The van der Waals surface area contributed by atoms with Crippen molar-refractivity contribution < 1.29 is 20.1 Å². The third-order valence-corrected chi connectivity index (χ3v) is 3.80. The van der Waals surface area contributed by atoms with Gasteiger partial charge < -0.3 is 15.3 Å². The molecule has 0 aromatic carbocycles. The molecule has 0 radical (unpaired) electrons. The maximum absolute atomic E-state index is 10.3. The summed E-state index contributed by atoms with van der Waals surface area (Å²) in [6.45, 7) is 2.20. The highest BCUT2D eigenvalue weighted by Crippen LogP contribution is 2.11. The number of aliphatic hydroxyl groups excluding tert-OH is 2. The molecule has 0 bridgehead atoms. The Morgan fingerprint density at radius 1 is 0.818 bits per heavy atom. The van der Waals surface area contributed by atoms with Gasteiger partial charge in [0, 0.05) is 6.42 Å². The van der Waals surface area contributed by atoms with E-state index < -0.39 is 18.2 Å². The highest BCUT2D eigenvalue weighted by atomic mass is 16.4. The van der Waals surface area contributed by atoms with E-state index in [-0.39, 0.29) is 6.42 Å². The van der Waals surface area contributed by atoms with E-state index in [0.29, 0.717) is 12.8 Å². The number of rotatable bonds is 15. The number of unbranched alkanes of at least 4 members (excludes halogenated alkanes) is 7. The largest absolute Gasteiger partial charge is 0.481 e. The van der Waals surface area contributed by atoms with Gasteiger partial charge >= 0.3 is 5.97 Å². The van der Waals surface area contributed by atoms with Crippen LogP contribution in [0.3, 0.4) is 0 Å². The second-order valence-electron chi connectivity index (χ2n) is 6.07. The van der Waals surface area contributed by atoms with Crippen LogP contribution in [-0.4, -0.2) is 33.5 Å². The van der Waals surface area contributed by atoms with Crippen molar-refractivity contribution in [2.24, 2.45) is 0 Å². The van der Waals surface area contributed by atoms with Crippen LogP contribution in [0.4, 0.5) is 0 Å². The summed E-state index contributed by atoms with van der Waals surface area (Å²) >= 11 is 0. The molecule has 0 fully saturated rings. The monoisotopic (exact) mass is 314 g/mol. The Labute approximate surface area is 135 Å². The van der Waals surface area contributed by atoms with Gasteiger partial charge in [-0.05, 0) is 19.3 Å². The minimum Gasteiger partial charge on any atom is -0.481 e. The normalized spacial score (nSPS) is 14.3. The lowest BCUT2D eigenvalue weighted by Crippen LogP contribution is -2.07. The summed E-state index contributed by atoms with van der Waals surface area (Å²) in [6.07, 6.45) is 13.5. The minimum atomic E-state index is -0.765. The lowest BCUT2D eigenvalue weighted by Gasteiger charge is -2.08. The van der Waals surface area contributed by atoms with Crippen LogP contribution in [0, 0.1) is 0 Å². The smallest absolute Gasteiger partial charge is 0.303 e. The maximum atomic E-state index is 10.3. The Balaban J connectivity index is 3.52. The van der Waals surface area contributed by atoms with E-state index in [1.165, 1.54) is 25.7 Å². The lowest BCUT2D eigenvalue weighted by molar-refractivity contribution is -0.137. The number of hydrogen-bond acceptors (Lipinski definition) is 3. The molecule has 0 aromatic rings. The van der Waals surface area contributed by atoms with Gasteiger partial charge in [0.15, 0.2) is 0 Å². The van der Waals surface area contributed by atoms with Crippen molar-refractivity contribution in [1.29, 1.82) is 0 Å². The molecule has 0 aromatic heterocycles. The third kappa shape index (κ3) is 15.5. The molecule has 0 rings (SSSR count). The van der Waals surface area contributed by atoms with Gasteiger partial charge in [-0.2, -0.15) is 0 Å². The highest BCUT2D eigenvalue weighted by Gasteiger charge is 2.03. The molecule has 2 atom stereocenters. The Kier molecular flexibility index (Phi) is 14.4. The van der Waals surface area contributed by atoms with Crippen molar-refractivity contribution in [2.75, 3.05) is 0 Å². The van der Waals surface area contributed by atoms with Gasteiger partial charge in [-0.25, -0.2) is 0 Å². The van der Waals surface area contributed by atoms with Crippen LogP contribution in [-0.2, 0) is 4.79 Å². The zero-order chi connectivity index (χ0) is 16.6. The summed E-state index contributed by atoms with van der Waals surface area (Å²) in [7, 11) is 0. The van der Waals surface area contributed by atoms with Gasteiger partial charge in [-0.15, -0.1) is 0 Å². The molecule has 0 unspecified atom stereocenters. The first-order chi connectivity index (χ1) is 10.6. The number of hydrogen-bond donors (Lipinski definition) is 3. The fourth-order valence-corrected chi connectivity index (χ4v) is 2.39. The van der Waals surface area contributed by atoms with Crippen molar-refractivity contribution in [3.8, 4) is 0 Å². The maximum Gasteiger partial charge on any atom is 0.303 e. The van der Waals surface area contributed by atoms with E-state index in [1.807, 2.05) is 0 Å². The molecule has 22 heavy (non-hydrogen) atoms. The van der Waals surface area contributed by atoms with Gasteiger partial charge in [-0.1, -0.05) is 70.4 Å². The zero-order valence-corrected chi connectivity index (χ0v) is 14.0. The van der Waals surface area contributed by atoms with Gasteiger partial charge in [0.25, 0.3) is 0 Å². The predicted molar refractivity (Wildman–Crippen MR) is 89.9 cm³/mol. The molecular weight excluding hydrogens is 280 g/mol. The molecule has 4 nitrogen and oxygen atoms in total. The van der Waals surface area contributed by atoms with Gasteiger partial charge in [-0.3, -0.25) is 4.79 Å². The van der Waals surface area contributed by atoms with Crippen LogP contribution < -0.4 is 0 Å². The van der Waals surface area contributed by atoms with Crippen molar-refractivity contribution in [2.45, 2.75) is 96.2 Å². The van der Waals surface area contributed by atoms with E-state index in [1.54, 1.807) is 12.2 Å². The first-order valence-corrected chi connectivity index (χ1v) is 8.82. The third-order valence-electron chi connectivity index (χ3n) is 3.80. The van der Waals surface area contributed by atoms with E-state index in [9.17, 15) is 15.0 Å². The Morgan fingerprint density at radius 3 is 1.77 bits per heavy atom. The van der Waals surface area contributed by atoms with Crippen molar-refractivity contribution in [1.82, 2.24) is 0 Å². The SMILES string of the molecule is CCCCCCCC[C@H](O)/C=C/[C@@H](O)CCCCCC(=O)O. The van der Waals surface area contributed by atoms with Crippen LogP contribution in [0.1, 0.15) is 84.0 Å². The molecule has 0 spiro atoms. The Hall–Kier alpha value is -0.870. The number of aliphatic hydroxyl groups is 2. The van der Waals surface area contributed by atoms with E-state index in [0.717, 1.165) is 32.1 Å². The first-order valence-electron chi connectivity index (χ1n) is 8.82. The number of carboxylic acids is 1. The van der Waals surface area contributed by atoms with Gasteiger partial charge in [0.2, 0.25) is 0 Å². The second kappa shape index (κ2) is 15.0. The van der Waals surface area contributed by atoms with E-state index >= 15 is 0 Å². The summed E-state index contributed by atoms with van der Waals surface area (Å²) < 4.78 is 0. The summed E-state index contributed by atoms with van der Waals surface area (Å²) in [6, 6.07) is 0. The van der Waals surface area contributed by atoms with Crippen molar-refractivity contribution in [3.63, 3.8) is 0 Å². The lowest BCUT2D eigenvalue weighted by atomic mass is 10.1. The van der Waals surface area contributed by atoms with Crippen LogP contribution in [0.5, 0.6) is 0 Å². The summed E-state index contributed by atoms with van der Waals surface area (Å²) in [5.41, 5.74) is 0. The second-order valence-corrected chi connectivity index (χ2v) is 6.07. The average molecular weight is 314 g/mol. The minimum absolute atomic E-state index is 0.197. The zero-order valence-electron chi connectivity index (χ0n) is 14.0. The van der Waals surface area contributed by atoms with Crippen LogP contribution in [0.2, 0.25) is 0 Å². The van der Waals surface area contributed by atoms with Crippen molar-refractivity contribution >= 4 is 5.97 Å². The fraction of sp³-hybridized carbons (Fsp3) is 0.833. The first kappa shape index (κ1) is 21.1. The molecule has 0 saturated carbocycles. The molecule has 0 heterocycles. The average Bonchev–Trinajstić information content (AvgIpc) is 2.48.